The van der Waals surface area contributed by atoms with Crippen LogP contribution in [0.5, 0.6) is 0 Å². The molecule has 0 bridgehead atoms. The van der Waals surface area contributed by atoms with E-state index in [4.69, 9.17) is 13.9 Å². The summed E-state index contributed by atoms with van der Waals surface area (Å²) < 4.78 is 17.2. The van der Waals surface area contributed by atoms with Gasteiger partial charge in [0.1, 0.15) is 18.2 Å². The Morgan fingerprint density at radius 2 is 2.09 bits per heavy atom. The number of imide groups is 1. The van der Waals surface area contributed by atoms with Crippen molar-refractivity contribution in [3.8, 4) is 11.8 Å². The Morgan fingerprint density at radius 3 is 2.82 bits per heavy atom. The Balaban J connectivity index is 1.55. The number of nitrogens with one attached hydrogen (secondary N) is 2. The molecule has 1 unspecified atom stereocenters. The van der Waals surface area contributed by atoms with Gasteiger partial charge in [-0.3, -0.25) is 19.5 Å². The van der Waals surface area contributed by atoms with Gasteiger partial charge in [-0.1, -0.05) is 17.9 Å². The van der Waals surface area contributed by atoms with E-state index in [0.29, 0.717) is 30.7 Å². The maximum Gasteiger partial charge on any atom is 0.420 e. The Hall–Kier alpha value is -3.58. The van der Waals surface area contributed by atoms with E-state index in [-0.39, 0.29) is 30.9 Å². The minimum atomic E-state index is -0.808. The highest BCUT2D eigenvalue weighted by Crippen LogP contribution is 2.24. The molecule has 1 atom stereocenters. The summed E-state index contributed by atoms with van der Waals surface area (Å²) in [6.45, 7) is 6.36. The maximum absolute atomic E-state index is 12.4. The molecule has 2 aromatic rings. The molecule has 1 aliphatic rings. The number of para-hydroxylation sites is 1. The Labute approximate surface area is 190 Å². The van der Waals surface area contributed by atoms with Crippen molar-refractivity contribution in [2.45, 2.75) is 51.7 Å². The number of amides is 3. The molecule has 10 heteroatoms. The second kappa shape index (κ2) is 10.4. The molecule has 0 radical (unpaired) electrons. The molecule has 10 nitrogen and oxygen atoms in total. The van der Waals surface area contributed by atoms with Gasteiger partial charge < -0.3 is 19.2 Å². The molecule has 1 aromatic heterocycles. The molecular weight excluding hydrogens is 430 g/mol. The van der Waals surface area contributed by atoms with Crippen LogP contribution in [0.3, 0.4) is 0 Å². The van der Waals surface area contributed by atoms with Gasteiger partial charge in [-0.15, -0.1) is 0 Å². The molecule has 0 aliphatic carbocycles. The number of carbonyl (C=O) groups excluding carboxylic acids is 3. The van der Waals surface area contributed by atoms with E-state index in [1.807, 2.05) is 0 Å². The molecular formula is C23H27N3O7. The monoisotopic (exact) mass is 457 g/mol. The quantitative estimate of drug-likeness (QED) is 0.385. The van der Waals surface area contributed by atoms with Crippen molar-refractivity contribution in [2.75, 3.05) is 19.8 Å². The first-order valence-electron chi connectivity index (χ1n) is 10.7. The lowest BCUT2D eigenvalue weighted by Crippen LogP contribution is -2.43. The Morgan fingerprint density at radius 1 is 1.30 bits per heavy atom. The molecule has 0 saturated carbocycles. The highest BCUT2D eigenvalue weighted by Gasteiger charge is 2.31. The van der Waals surface area contributed by atoms with Crippen molar-refractivity contribution in [3.05, 3.63) is 34.3 Å². The van der Waals surface area contributed by atoms with Crippen LogP contribution in [0.4, 0.5) is 4.79 Å². The standard InChI is InChI=1S/C23H27N3O7/c1-23(2,3)33-21(29)24-12-6-14-31-13-5-8-15-7-4-9-16-19(15)32-22(30)26(16)17-10-11-18(27)25-20(17)28/h4,7,9,17H,6,10-14H2,1-3H3,(H,24,29)(H,25,27,28). The van der Waals surface area contributed by atoms with Gasteiger partial charge in [0.05, 0.1) is 11.1 Å². The van der Waals surface area contributed by atoms with Crippen LogP contribution in [0.15, 0.2) is 27.4 Å². The van der Waals surface area contributed by atoms with E-state index in [1.165, 1.54) is 4.57 Å². The summed E-state index contributed by atoms with van der Waals surface area (Å²) in [6, 6.07) is 4.28. The summed E-state index contributed by atoms with van der Waals surface area (Å²) in [6.07, 6.45) is 0.507. The molecule has 176 valence electrons. The number of rotatable bonds is 6. The normalized spacial score (nSPS) is 16.2. The van der Waals surface area contributed by atoms with Gasteiger partial charge in [-0.25, -0.2) is 9.59 Å². The van der Waals surface area contributed by atoms with Crippen LogP contribution in [0, 0.1) is 11.8 Å². The van der Waals surface area contributed by atoms with E-state index < -0.39 is 29.4 Å². The number of oxazole rings is 1. The summed E-state index contributed by atoms with van der Waals surface area (Å²) in [5, 5.41) is 4.90. The zero-order chi connectivity index (χ0) is 24.0. The highest BCUT2D eigenvalue weighted by atomic mass is 16.6. The van der Waals surface area contributed by atoms with Crippen molar-refractivity contribution in [2.24, 2.45) is 0 Å². The highest BCUT2D eigenvalue weighted by molar-refractivity contribution is 6.00. The van der Waals surface area contributed by atoms with E-state index in [0.717, 1.165) is 0 Å². The number of ether oxygens (including phenoxy) is 2. The number of fused-ring (bicyclic) bond motifs is 1. The lowest BCUT2D eigenvalue weighted by Gasteiger charge is -2.21. The molecule has 33 heavy (non-hydrogen) atoms. The number of aromatic nitrogens is 1. The topological polar surface area (TPSA) is 129 Å². The third kappa shape index (κ3) is 6.46. The van der Waals surface area contributed by atoms with Crippen molar-refractivity contribution < 1.29 is 28.3 Å². The van der Waals surface area contributed by atoms with E-state index in [1.54, 1.807) is 39.0 Å². The number of carbonyl (C=O) groups is 3. The summed E-state index contributed by atoms with van der Waals surface area (Å²) >= 11 is 0. The smallest absolute Gasteiger partial charge is 0.420 e. The number of hydrogen-bond donors (Lipinski definition) is 2. The summed E-state index contributed by atoms with van der Waals surface area (Å²) in [5.74, 6) is 4.23. The minimum Gasteiger partial charge on any atom is -0.444 e. The van der Waals surface area contributed by atoms with Gasteiger partial charge in [0.15, 0.2) is 5.58 Å². The number of benzene rings is 1. The van der Waals surface area contributed by atoms with Gasteiger partial charge in [0.25, 0.3) is 0 Å². The molecule has 1 saturated heterocycles. The summed E-state index contributed by atoms with van der Waals surface area (Å²) in [7, 11) is 0. The summed E-state index contributed by atoms with van der Waals surface area (Å²) in [5.41, 5.74) is 0.670. The van der Waals surface area contributed by atoms with Crippen molar-refractivity contribution in [1.29, 1.82) is 0 Å². The lowest BCUT2D eigenvalue weighted by atomic mass is 10.1. The predicted octanol–water partition coefficient (Wildman–Crippen LogP) is 1.86. The predicted molar refractivity (Wildman–Crippen MR) is 118 cm³/mol. The number of nitrogens with zero attached hydrogens (tertiary/aromatic N) is 1. The van der Waals surface area contributed by atoms with E-state index in [9.17, 15) is 19.2 Å². The average Bonchev–Trinajstić information content (AvgIpc) is 3.05. The maximum atomic E-state index is 12.4. The third-order valence-electron chi connectivity index (χ3n) is 4.69. The van der Waals surface area contributed by atoms with E-state index in [2.05, 4.69) is 22.5 Å². The fourth-order valence-electron chi connectivity index (χ4n) is 3.31. The molecule has 0 spiro atoms. The van der Waals surface area contributed by atoms with Gasteiger partial charge in [-0.2, -0.15) is 0 Å². The first-order valence-corrected chi connectivity index (χ1v) is 10.7. The van der Waals surface area contributed by atoms with Crippen molar-refractivity contribution in [3.63, 3.8) is 0 Å². The largest absolute Gasteiger partial charge is 0.444 e. The molecule has 1 aliphatic heterocycles. The molecule has 3 amide bonds. The van der Waals surface area contributed by atoms with E-state index >= 15 is 0 Å². The molecule has 1 fully saturated rings. The second-order valence-corrected chi connectivity index (χ2v) is 8.50. The van der Waals surface area contributed by atoms with Crippen LogP contribution in [0.1, 0.15) is 51.6 Å². The van der Waals surface area contributed by atoms with Crippen LogP contribution >= 0.6 is 0 Å². The molecule has 2 heterocycles. The Bertz CT molecular complexity index is 1160. The number of alkyl carbamates (subject to hydrolysis) is 1. The number of piperidine rings is 1. The molecule has 3 rings (SSSR count). The van der Waals surface area contributed by atoms with Crippen LogP contribution in [-0.4, -0.2) is 47.8 Å². The molecule has 1 aromatic carbocycles. The van der Waals surface area contributed by atoms with Gasteiger partial charge in [0.2, 0.25) is 11.8 Å². The summed E-state index contributed by atoms with van der Waals surface area (Å²) in [4.78, 5) is 47.6. The van der Waals surface area contributed by atoms with Crippen molar-refractivity contribution in [1.82, 2.24) is 15.2 Å². The number of hydrogen-bond acceptors (Lipinski definition) is 7. The van der Waals surface area contributed by atoms with Crippen molar-refractivity contribution >= 4 is 29.0 Å². The Kier molecular flexibility index (Phi) is 7.55. The zero-order valence-electron chi connectivity index (χ0n) is 18.9. The first kappa shape index (κ1) is 24.1. The SMILES string of the molecule is CC(C)(C)OC(=O)NCCCOCC#Cc1cccc2c1oc(=O)n2C1CCC(=O)NC1=O. The van der Waals surface area contributed by atoms with Crippen LogP contribution in [-0.2, 0) is 19.1 Å². The molecule has 2 N–H and O–H groups in total. The average molecular weight is 457 g/mol. The van der Waals surface area contributed by atoms with Crippen LogP contribution in [0.2, 0.25) is 0 Å². The lowest BCUT2D eigenvalue weighted by molar-refractivity contribution is -0.135. The fraction of sp³-hybridized carbons (Fsp3) is 0.478. The fourth-order valence-corrected chi connectivity index (χ4v) is 3.31. The third-order valence-corrected chi connectivity index (χ3v) is 4.69. The first-order chi connectivity index (χ1) is 15.7. The minimum absolute atomic E-state index is 0.152. The van der Waals surface area contributed by atoms with Gasteiger partial charge in [0, 0.05) is 19.6 Å². The zero-order valence-corrected chi connectivity index (χ0v) is 18.9. The van der Waals surface area contributed by atoms with Crippen LogP contribution < -0.4 is 16.4 Å². The van der Waals surface area contributed by atoms with Gasteiger partial charge >= 0.3 is 11.8 Å². The van der Waals surface area contributed by atoms with Crippen LogP contribution in [0.25, 0.3) is 11.1 Å². The van der Waals surface area contributed by atoms with Gasteiger partial charge in [-0.05, 0) is 45.7 Å². The second-order valence-electron chi connectivity index (χ2n) is 8.50.